The van der Waals surface area contributed by atoms with E-state index in [-0.39, 0.29) is 13.2 Å². The van der Waals surface area contributed by atoms with Gasteiger partial charge in [0.05, 0.1) is 20.3 Å². The smallest absolute Gasteiger partial charge is 0.321 e. The van der Waals surface area contributed by atoms with E-state index >= 15 is 0 Å². The third kappa shape index (κ3) is 4.11. The SMILES string of the molecule is CCOC(=O)C(C(=O)OCC)C(c1ccccc1)c1c[nH]c2cccc(OC)c12. The number of aromatic nitrogens is 1. The molecule has 0 spiro atoms. The molecule has 29 heavy (non-hydrogen) atoms. The zero-order valence-corrected chi connectivity index (χ0v) is 16.8. The molecule has 152 valence electrons. The van der Waals surface area contributed by atoms with Gasteiger partial charge in [-0.15, -0.1) is 0 Å². The normalized spacial score (nSPS) is 12.0. The predicted molar refractivity (Wildman–Crippen MR) is 110 cm³/mol. The van der Waals surface area contributed by atoms with E-state index in [1.54, 1.807) is 21.0 Å². The van der Waals surface area contributed by atoms with E-state index in [0.717, 1.165) is 22.0 Å². The van der Waals surface area contributed by atoms with Gasteiger partial charge in [0.15, 0.2) is 5.92 Å². The minimum Gasteiger partial charge on any atom is -0.496 e. The standard InChI is InChI=1S/C23H25NO5/c1-4-28-22(25)21(23(26)29-5-2)19(15-10-7-6-8-11-15)16-14-24-17-12-9-13-18(27-3)20(16)17/h6-14,19,21,24H,4-5H2,1-3H3. The maximum atomic E-state index is 12.9. The van der Waals surface area contributed by atoms with Crippen LogP contribution in [-0.4, -0.2) is 37.2 Å². The van der Waals surface area contributed by atoms with Gasteiger partial charge in [-0.3, -0.25) is 9.59 Å². The average molecular weight is 395 g/mol. The van der Waals surface area contributed by atoms with Crippen LogP contribution in [0.25, 0.3) is 10.9 Å². The number of hydrogen-bond acceptors (Lipinski definition) is 5. The highest BCUT2D eigenvalue weighted by Gasteiger charge is 2.40. The molecule has 0 saturated heterocycles. The van der Waals surface area contributed by atoms with E-state index in [2.05, 4.69) is 4.98 Å². The van der Waals surface area contributed by atoms with E-state index in [4.69, 9.17) is 14.2 Å². The Labute approximate surface area is 169 Å². The molecule has 0 aliphatic carbocycles. The van der Waals surface area contributed by atoms with Crippen molar-refractivity contribution in [2.75, 3.05) is 20.3 Å². The summed E-state index contributed by atoms with van der Waals surface area (Å²) in [5.41, 5.74) is 2.44. The van der Waals surface area contributed by atoms with Crippen LogP contribution in [0.2, 0.25) is 0 Å². The summed E-state index contributed by atoms with van der Waals surface area (Å²) in [6, 6.07) is 15.1. The Kier molecular flexibility index (Phi) is 6.54. The van der Waals surface area contributed by atoms with Crippen LogP contribution in [0.15, 0.2) is 54.7 Å². The van der Waals surface area contributed by atoms with Crippen LogP contribution in [0.5, 0.6) is 5.75 Å². The number of rotatable bonds is 8. The number of benzene rings is 2. The fourth-order valence-electron chi connectivity index (χ4n) is 3.64. The highest BCUT2D eigenvalue weighted by Crippen LogP contribution is 2.41. The third-order valence-corrected chi connectivity index (χ3v) is 4.83. The summed E-state index contributed by atoms with van der Waals surface area (Å²) < 4.78 is 16.1. The van der Waals surface area contributed by atoms with E-state index in [1.807, 2.05) is 54.7 Å². The van der Waals surface area contributed by atoms with Crippen molar-refractivity contribution in [1.29, 1.82) is 0 Å². The first-order chi connectivity index (χ1) is 14.1. The molecule has 1 heterocycles. The first-order valence-corrected chi connectivity index (χ1v) is 9.64. The van der Waals surface area contributed by atoms with Crippen LogP contribution in [0.1, 0.15) is 30.9 Å². The van der Waals surface area contributed by atoms with E-state index in [0.29, 0.717) is 5.75 Å². The lowest BCUT2D eigenvalue weighted by atomic mass is 9.80. The van der Waals surface area contributed by atoms with E-state index in [9.17, 15) is 9.59 Å². The molecule has 0 fully saturated rings. The number of nitrogens with one attached hydrogen (secondary N) is 1. The molecule has 3 aromatic rings. The molecule has 2 aromatic carbocycles. The van der Waals surface area contributed by atoms with Crippen LogP contribution >= 0.6 is 0 Å². The second-order valence-electron chi connectivity index (χ2n) is 6.50. The number of carbonyl (C=O) groups excluding carboxylic acids is 2. The van der Waals surface area contributed by atoms with Gasteiger partial charge in [0.1, 0.15) is 5.75 Å². The van der Waals surface area contributed by atoms with Gasteiger partial charge in [0.2, 0.25) is 0 Å². The zero-order valence-electron chi connectivity index (χ0n) is 16.8. The summed E-state index contributed by atoms with van der Waals surface area (Å²) in [5.74, 6) is -2.29. The van der Waals surface area contributed by atoms with Gasteiger partial charge < -0.3 is 19.2 Å². The van der Waals surface area contributed by atoms with Gasteiger partial charge in [-0.1, -0.05) is 36.4 Å². The van der Waals surface area contributed by atoms with Crippen LogP contribution in [0.3, 0.4) is 0 Å². The Balaban J connectivity index is 2.25. The Bertz CT molecular complexity index is 961. The first-order valence-electron chi connectivity index (χ1n) is 9.64. The van der Waals surface area contributed by atoms with Crippen molar-refractivity contribution in [3.05, 3.63) is 65.9 Å². The fraction of sp³-hybridized carbons (Fsp3) is 0.304. The summed E-state index contributed by atoms with van der Waals surface area (Å²) >= 11 is 0. The second-order valence-corrected chi connectivity index (χ2v) is 6.50. The molecule has 0 saturated carbocycles. The molecule has 0 amide bonds. The maximum Gasteiger partial charge on any atom is 0.321 e. The molecular weight excluding hydrogens is 370 g/mol. The van der Waals surface area contributed by atoms with Crippen molar-refractivity contribution >= 4 is 22.8 Å². The lowest BCUT2D eigenvalue weighted by Crippen LogP contribution is -2.34. The highest BCUT2D eigenvalue weighted by molar-refractivity contribution is 5.99. The molecule has 3 rings (SSSR count). The predicted octanol–water partition coefficient (Wildman–Crippen LogP) is 4.05. The average Bonchev–Trinajstić information content (AvgIpc) is 3.16. The molecule has 0 bridgehead atoms. The van der Waals surface area contributed by atoms with Gasteiger partial charge in [0.25, 0.3) is 0 Å². The molecule has 1 N–H and O–H groups in total. The largest absolute Gasteiger partial charge is 0.496 e. The Morgan fingerprint density at radius 3 is 2.17 bits per heavy atom. The number of esters is 2. The van der Waals surface area contributed by atoms with Crippen molar-refractivity contribution in [3.63, 3.8) is 0 Å². The number of methoxy groups -OCH3 is 1. The van der Waals surface area contributed by atoms with Crippen LogP contribution < -0.4 is 4.74 Å². The lowest BCUT2D eigenvalue weighted by molar-refractivity contribution is -0.162. The fourth-order valence-corrected chi connectivity index (χ4v) is 3.64. The summed E-state index contributed by atoms with van der Waals surface area (Å²) in [6.07, 6.45) is 1.82. The van der Waals surface area contributed by atoms with Crippen LogP contribution in [0.4, 0.5) is 0 Å². The van der Waals surface area contributed by atoms with Crippen molar-refractivity contribution < 1.29 is 23.8 Å². The van der Waals surface area contributed by atoms with Gasteiger partial charge in [-0.25, -0.2) is 0 Å². The molecular formula is C23H25NO5. The summed E-state index contributed by atoms with van der Waals surface area (Å²) in [4.78, 5) is 29.0. The maximum absolute atomic E-state index is 12.9. The Hall–Kier alpha value is -3.28. The van der Waals surface area contributed by atoms with Gasteiger partial charge in [-0.2, -0.15) is 0 Å². The Morgan fingerprint density at radius 1 is 0.931 bits per heavy atom. The third-order valence-electron chi connectivity index (χ3n) is 4.83. The molecule has 0 radical (unpaired) electrons. The first kappa shape index (κ1) is 20.5. The molecule has 6 nitrogen and oxygen atoms in total. The van der Waals surface area contributed by atoms with Crippen molar-refractivity contribution in [2.45, 2.75) is 19.8 Å². The van der Waals surface area contributed by atoms with E-state index < -0.39 is 23.8 Å². The number of aromatic amines is 1. The number of hydrogen-bond donors (Lipinski definition) is 1. The van der Waals surface area contributed by atoms with Crippen molar-refractivity contribution in [2.24, 2.45) is 5.92 Å². The minimum absolute atomic E-state index is 0.174. The van der Waals surface area contributed by atoms with Gasteiger partial charge in [-0.05, 0) is 37.1 Å². The van der Waals surface area contributed by atoms with Crippen LogP contribution in [0, 0.1) is 5.92 Å². The molecule has 0 aliphatic heterocycles. The summed E-state index contributed by atoms with van der Waals surface area (Å²) in [6.45, 7) is 3.78. The van der Waals surface area contributed by atoms with Gasteiger partial charge in [0, 0.05) is 23.0 Å². The highest BCUT2D eigenvalue weighted by atomic mass is 16.6. The molecule has 1 aromatic heterocycles. The number of ether oxygens (including phenoxy) is 3. The minimum atomic E-state index is -1.14. The Morgan fingerprint density at radius 2 is 1.59 bits per heavy atom. The summed E-state index contributed by atoms with van der Waals surface area (Å²) in [7, 11) is 1.59. The quantitative estimate of drug-likeness (QED) is 0.460. The lowest BCUT2D eigenvalue weighted by Gasteiger charge is -2.25. The number of H-pyrrole nitrogens is 1. The topological polar surface area (TPSA) is 77.6 Å². The number of fused-ring (bicyclic) bond motifs is 1. The molecule has 1 unspecified atom stereocenters. The summed E-state index contributed by atoms with van der Waals surface area (Å²) in [5, 5.41) is 0.822. The zero-order chi connectivity index (χ0) is 20.8. The van der Waals surface area contributed by atoms with Crippen molar-refractivity contribution in [3.8, 4) is 5.75 Å². The molecule has 0 aliphatic rings. The second kappa shape index (κ2) is 9.28. The van der Waals surface area contributed by atoms with E-state index in [1.165, 1.54) is 0 Å². The van der Waals surface area contributed by atoms with Crippen LogP contribution in [-0.2, 0) is 19.1 Å². The number of carbonyl (C=O) groups is 2. The van der Waals surface area contributed by atoms with Crippen molar-refractivity contribution in [1.82, 2.24) is 4.98 Å². The molecule has 1 atom stereocenters. The monoisotopic (exact) mass is 395 g/mol. The molecule has 6 heteroatoms. The van der Waals surface area contributed by atoms with Gasteiger partial charge >= 0.3 is 11.9 Å².